The molecule has 1 fully saturated rings. The molecule has 1 N–H and O–H groups in total. The number of ether oxygens (including phenoxy) is 2. The first-order valence-electron chi connectivity index (χ1n) is 9.68. The maximum atomic E-state index is 12.7. The Hall–Kier alpha value is -2.81. The van der Waals surface area contributed by atoms with Crippen LogP contribution in [0.25, 0.3) is 0 Å². The van der Waals surface area contributed by atoms with Crippen molar-refractivity contribution in [1.29, 1.82) is 0 Å². The Morgan fingerprint density at radius 2 is 1.90 bits per heavy atom. The van der Waals surface area contributed by atoms with Crippen molar-refractivity contribution < 1.29 is 27.4 Å². The van der Waals surface area contributed by atoms with Gasteiger partial charge in [0.05, 0.1) is 13.2 Å². The number of nitrogens with one attached hydrogen (secondary N) is 1. The van der Waals surface area contributed by atoms with Crippen LogP contribution in [0.15, 0.2) is 42.6 Å². The van der Waals surface area contributed by atoms with Crippen molar-refractivity contribution in [1.82, 2.24) is 15.2 Å². The van der Waals surface area contributed by atoms with Crippen LogP contribution in [-0.2, 0) is 0 Å². The summed E-state index contributed by atoms with van der Waals surface area (Å²) in [4.78, 5) is 18.8. The van der Waals surface area contributed by atoms with E-state index in [-0.39, 0.29) is 17.5 Å². The van der Waals surface area contributed by atoms with Crippen LogP contribution in [0.5, 0.6) is 11.6 Å². The third kappa shape index (κ3) is 5.85. The first kappa shape index (κ1) is 21.9. The maximum Gasteiger partial charge on any atom is 0.422 e. The number of halogens is 3. The molecule has 1 aromatic heterocycles. The number of hydrogen-bond donors (Lipinski definition) is 1. The van der Waals surface area contributed by atoms with E-state index in [1.165, 1.54) is 18.3 Å². The van der Waals surface area contributed by atoms with Crippen LogP contribution < -0.4 is 14.8 Å². The highest BCUT2D eigenvalue weighted by Gasteiger charge is 2.30. The number of carbonyl (C=O) groups excluding carboxylic acids is 1. The van der Waals surface area contributed by atoms with Gasteiger partial charge in [-0.25, -0.2) is 4.98 Å². The van der Waals surface area contributed by atoms with Crippen molar-refractivity contribution in [3.63, 3.8) is 0 Å². The molecule has 0 bridgehead atoms. The monoisotopic (exact) mass is 423 g/mol. The molecule has 1 atom stereocenters. The maximum absolute atomic E-state index is 12.7. The molecule has 162 valence electrons. The Morgan fingerprint density at radius 3 is 2.53 bits per heavy atom. The second kappa shape index (κ2) is 9.80. The molecule has 1 aliphatic heterocycles. The molecule has 30 heavy (non-hydrogen) atoms. The summed E-state index contributed by atoms with van der Waals surface area (Å²) in [5, 5.41) is 2.83. The standard InChI is InChI=1S/C21H24F3N3O3/c1-29-16-8-6-15(7-9-16)18(27-11-2-3-12-27)13-26-19(28)17-5-4-10-25-20(17)30-14-21(22,23)24/h4-10,18H,2-3,11-14H2,1H3,(H,26,28)/t18-/m0/s1. The summed E-state index contributed by atoms with van der Waals surface area (Å²) in [6.07, 6.45) is -1.06. The number of aromatic nitrogens is 1. The number of benzene rings is 1. The first-order valence-corrected chi connectivity index (χ1v) is 9.68. The highest BCUT2D eigenvalue weighted by atomic mass is 19.4. The zero-order valence-electron chi connectivity index (χ0n) is 16.6. The van der Waals surface area contributed by atoms with Gasteiger partial charge in [-0.05, 0) is 55.8 Å². The number of nitrogens with zero attached hydrogens (tertiary/aromatic N) is 2. The van der Waals surface area contributed by atoms with Crippen LogP contribution in [-0.4, -0.2) is 55.3 Å². The average molecular weight is 423 g/mol. The van der Waals surface area contributed by atoms with Crippen LogP contribution in [0.3, 0.4) is 0 Å². The van der Waals surface area contributed by atoms with E-state index in [4.69, 9.17) is 9.47 Å². The molecule has 1 aromatic carbocycles. The van der Waals surface area contributed by atoms with Crippen LogP contribution in [0.2, 0.25) is 0 Å². The summed E-state index contributed by atoms with van der Waals surface area (Å²) in [5.41, 5.74) is 0.995. The van der Waals surface area contributed by atoms with Crippen LogP contribution in [0.4, 0.5) is 13.2 Å². The summed E-state index contributed by atoms with van der Waals surface area (Å²) >= 11 is 0. The molecule has 0 unspecified atom stereocenters. The number of carbonyl (C=O) groups is 1. The summed E-state index contributed by atoms with van der Waals surface area (Å²) in [6.45, 7) is 0.629. The first-order chi connectivity index (χ1) is 14.4. The molecule has 2 heterocycles. The van der Waals surface area contributed by atoms with Crippen molar-refractivity contribution in [3.8, 4) is 11.6 Å². The molecule has 2 aromatic rings. The van der Waals surface area contributed by atoms with Crippen molar-refractivity contribution >= 4 is 5.91 Å². The van der Waals surface area contributed by atoms with Gasteiger partial charge in [0.15, 0.2) is 6.61 Å². The number of methoxy groups -OCH3 is 1. The lowest BCUT2D eigenvalue weighted by Crippen LogP contribution is -2.37. The van der Waals surface area contributed by atoms with Crippen molar-refractivity contribution in [2.45, 2.75) is 25.1 Å². The van der Waals surface area contributed by atoms with Gasteiger partial charge in [0.2, 0.25) is 5.88 Å². The Kier molecular flexibility index (Phi) is 7.15. The number of rotatable bonds is 8. The number of hydrogen-bond acceptors (Lipinski definition) is 5. The minimum Gasteiger partial charge on any atom is -0.497 e. The summed E-state index contributed by atoms with van der Waals surface area (Å²) in [7, 11) is 1.60. The molecule has 1 amide bonds. The van der Waals surface area contributed by atoms with Crippen molar-refractivity contribution in [2.24, 2.45) is 0 Å². The number of amides is 1. The van der Waals surface area contributed by atoms with Gasteiger partial charge in [-0.3, -0.25) is 9.69 Å². The molecule has 1 saturated heterocycles. The second-order valence-corrected chi connectivity index (χ2v) is 7.00. The Morgan fingerprint density at radius 1 is 1.20 bits per heavy atom. The number of alkyl halides is 3. The fourth-order valence-electron chi connectivity index (χ4n) is 3.45. The van der Waals surface area contributed by atoms with E-state index >= 15 is 0 Å². The van der Waals surface area contributed by atoms with Gasteiger partial charge in [-0.1, -0.05) is 12.1 Å². The fourth-order valence-corrected chi connectivity index (χ4v) is 3.45. The lowest BCUT2D eigenvalue weighted by Gasteiger charge is -2.28. The fraction of sp³-hybridized carbons (Fsp3) is 0.429. The SMILES string of the molecule is COc1ccc([C@H](CNC(=O)c2cccnc2OCC(F)(F)F)N2CCCC2)cc1. The van der Waals surface area contributed by atoms with Crippen LogP contribution >= 0.6 is 0 Å². The quantitative estimate of drug-likeness (QED) is 0.703. The predicted molar refractivity (Wildman–Crippen MR) is 105 cm³/mol. The minimum atomic E-state index is -4.51. The van der Waals surface area contributed by atoms with Gasteiger partial charge in [0.25, 0.3) is 5.91 Å². The number of likely N-dealkylation sites (tertiary alicyclic amines) is 1. The zero-order valence-corrected chi connectivity index (χ0v) is 16.6. The van der Waals surface area contributed by atoms with E-state index < -0.39 is 18.7 Å². The normalized spacial score (nSPS) is 15.6. The summed E-state index contributed by atoms with van der Waals surface area (Å²) in [6, 6.07) is 10.5. The second-order valence-electron chi connectivity index (χ2n) is 7.00. The molecule has 0 radical (unpaired) electrons. The van der Waals surface area contributed by atoms with Gasteiger partial charge in [0.1, 0.15) is 11.3 Å². The Labute approximate surface area is 173 Å². The van der Waals surface area contributed by atoms with Gasteiger partial charge in [0, 0.05) is 12.7 Å². The Balaban J connectivity index is 1.71. The lowest BCUT2D eigenvalue weighted by atomic mass is 10.0. The molecule has 3 rings (SSSR count). The van der Waals surface area contributed by atoms with E-state index in [9.17, 15) is 18.0 Å². The lowest BCUT2D eigenvalue weighted by molar-refractivity contribution is -0.154. The minimum absolute atomic E-state index is 0.0309. The molecule has 9 heteroatoms. The van der Waals surface area contributed by atoms with E-state index in [0.717, 1.165) is 37.2 Å². The molecule has 0 aliphatic carbocycles. The van der Waals surface area contributed by atoms with E-state index in [2.05, 4.69) is 15.2 Å². The molecule has 0 saturated carbocycles. The van der Waals surface area contributed by atoms with Crippen molar-refractivity contribution in [3.05, 3.63) is 53.7 Å². The van der Waals surface area contributed by atoms with E-state index in [1.807, 2.05) is 24.3 Å². The summed E-state index contributed by atoms with van der Waals surface area (Å²) in [5.74, 6) is -0.128. The highest BCUT2D eigenvalue weighted by Crippen LogP contribution is 2.27. The summed E-state index contributed by atoms with van der Waals surface area (Å²) < 4.78 is 47.3. The molecular weight excluding hydrogens is 399 g/mol. The van der Waals surface area contributed by atoms with Gasteiger partial charge < -0.3 is 14.8 Å². The molecule has 0 spiro atoms. The molecule has 1 aliphatic rings. The van der Waals surface area contributed by atoms with E-state index in [1.54, 1.807) is 7.11 Å². The molecular formula is C21H24F3N3O3. The van der Waals surface area contributed by atoms with Gasteiger partial charge in [-0.2, -0.15) is 13.2 Å². The van der Waals surface area contributed by atoms with Crippen LogP contribution in [0, 0.1) is 0 Å². The topological polar surface area (TPSA) is 63.7 Å². The highest BCUT2D eigenvalue weighted by molar-refractivity contribution is 5.96. The molecule has 6 nitrogen and oxygen atoms in total. The zero-order chi connectivity index (χ0) is 21.6. The Bertz CT molecular complexity index is 837. The smallest absolute Gasteiger partial charge is 0.422 e. The van der Waals surface area contributed by atoms with Gasteiger partial charge in [-0.15, -0.1) is 0 Å². The van der Waals surface area contributed by atoms with Gasteiger partial charge >= 0.3 is 6.18 Å². The van der Waals surface area contributed by atoms with E-state index in [0.29, 0.717) is 6.54 Å². The average Bonchev–Trinajstić information content (AvgIpc) is 3.27. The largest absolute Gasteiger partial charge is 0.497 e. The van der Waals surface area contributed by atoms with Crippen molar-refractivity contribution in [2.75, 3.05) is 33.4 Å². The number of pyridine rings is 1. The predicted octanol–water partition coefficient (Wildman–Crippen LogP) is 3.60. The van der Waals surface area contributed by atoms with Crippen LogP contribution in [0.1, 0.15) is 34.8 Å². The third-order valence-corrected chi connectivity index (χ3v) is 4.93. The third-order valence-electron chi connectivity index (χ3n) is 4.93.